The van der Waals surface area contributed by atoms with Gasteiger partial charge in [0.2, 0.25) is 0 Å². The number of aromatic carboxylic acids is 1. The summed E-state index contributed by atoms with van der Waals surface area (Å²) in [5.41, 5.74) is 1.44. The Morgan fingerprint density at radius 1 is 1.22 bits per heavy atom. The van der Waals surface area contributed by atoms with Crippen molar-refractivity contribution in [1.29, 1.82) is 0 Å². The number of aliphatic hydroxyl groups is 1. The van der Waals surface area contributed by atoms with Crippen LogP contribution in [0.5, 0.6) is 5.75 Å². The van der Waals surface area contributed by atoms with E-state index in [1.165, 1.54) is 12.1 Å². The van der Waals surface area contributed by atoms with Crippen LogP contribution in [0.25, 0.3) is 0 Å². The predicted octanol–water partition coefficient (Wildman–Crippen LogP) is 4.41. The van der Waals surface area contributed by atoms with Gasteiger partial charge in [-0.3, -0.25) is 0 Å². The summed E-state index contributed by atoms with van der Waals surface area (Å²) in [6, 6.07) is 9.68. The van der Waals surface area contributed by atoms with E-state index in [4.69, 9.17) is 9.84 Å². The Morgan fingerprint density at radius 3 is 2.26 bits per heavy atom. The second-order valence-electron chi connectivity index (χ2n) is 4.68. The van der Waals surface area contributed by atoms with E-state index in [2.05, 4.69) is 37.2 Å². The van der Waals surface area contributed by atoms with Crippen molar-refractivity contribution >= 4 is 43.5 Å². The van der Waals surface area contributed by atoms with E-state index >= 15 is 0 Å². The highest BCUT2D eigenvalue weighted by atomic mass is 79.9. The van der Waals surface area contributed by atoms with E-state index < -0.39 is 12.2 Å². The standard InChI is InChI=1S/C16H15Br2NO4/c1-2-23-14-12(17)7-10(8-13(14)18)15(20)19-11-5-3-9(4-6-11)16(21)22/h3-8,15,19-20H,2H2,1H3,(H,21,22). The molecule has 0 aromatic heterocycles. The molecule has 1 atom stereocenters. The summed E-state index contributed by atoms with van der Waals surface area (Å²) in [5.74, 6) is -0.314. The number of rotatable bonds is 6. The third-order valence-electron chi connectivity index (χ3n) is 3.06. The van der Waals surface area contributed by atoms with Gasteiger partial charge in [-0.2, -0.15) is 0 Å². The number of aliphatic hydroxyl groups excluding tert-OH is 1. The van der Waals surface area contributed by atoms with Crippen LogP contribution in [0, 0.1) is 0 Å². The largest absolute Gasteiger partial charge is 0.492 e. The van der Waals surface area contributed by atoms with Crippen molar-refractivity contribution in [3.63, 3.8) is 0 Å². The molecule has 2 aromatic carbocycles. The van der Waals surface area contributed by atoms with E-state index in [1.54, 1.807) is 24.3 Å². The van der Waals surface area contributed by atoms with Crippen LogP contribution in [0.4, 0.5) is 5.69 Å². The molecule has 0 fully saturated rings. The molecule has 2 rings (SSSR count). The Hall–Kier alpha value is -1.57. The highest BCUT2D eigenvalue weighted by Crippen LogP contribution is 2.36. The maximum atomic E-state index is 10.8. The quantitative estimate of drug-likeness (QED) is 0.575. The summed E-state index contributed by atoms with van der Waals surface area (Å²) in [6.45, 7) is 2.43. The first-order valence-corrected chi connectivity index (χ1v) is 8.40. The van der Waals surface area contributed by atoms with Gasteiger partial charge in [-0.15, -0.1) is 0 Å². The van der Waals surface area contributed by atoms with Crippen LogP contribution < -0.4 is 10.1 Å². The zero-order valence-electron chi connectivity index (χ0n) is 12.2. The molecule has 0 saturated carbocycles. The van der Waals surface area contributed by atoms with E-state index in [-0.39, 0.29) is 5.56 Å². The summed E-state index contributed by atoms with van der Waals surface area (Å²) in [7, 11) is 0. The molecule has 0 amide bonds. The molecule has 0 aliphatic rings. The number of ether oxygens (including phenoxy) is 1. The van der Waals surface area contributed by atoms with Crippen molar-refractivity contribution in [2.75, 3.05) is 11.9 Å². The molecule has 2 aromatic rings. The lowest BCUT2D eigenvalue weighted by Crippen LogP contribution is -2.10. The zero-order chi connectivity index (χ0) is 17.0. The first kappa shape index (κ1) is 17.8. The molecule has 0 saturated heterocycles. The number of hydrogen-bond donors (Lipinski definition) is 3. The van der Waals surface area contributed by atoms with Gasteiger partial charge in [-0.1, -0.05) is 0 Å². The van der Waals surface area contributed by atoms with Crippen LogP contribution >= 0.6 is 31.9 Å². The first-order valence-electron chi connectivity index (χ1n) is 6.82. The van der Waals surface area contributed by atoms with Gasteiger partial charge in [0, 0.05) is 11.3 Å². The Balaban J connectivity index is 2.17. The fourth-order valence-corrected chi connectivity index (χ4v) is 3.42. The molecule has 0 bridgehead atoms. The van der Waals surface area contributed by atoms with Crippen molar-refractivity contribution < 1.29 is 19.7 Å². The Labute approximate surface area is 150 Å². The lowest BCUT2D eigenvalue weighted by molar-refractivity contribution is 0.0697. The number of hydrogen-bond acceptors (Lipinski definition) is 4. The van der Waals surface area contributed by atoms with Gasteiger partial charge in [0.1, 0.15) is 5.75 Å². The molecule has 5 nitrogen and oxygen atoms in total. The first-order chi connectivity index (χ1) is 10.9. The molecule has 0 aliphatic carbocycles. The summed E-state index contributed by atoms with van der Waals surface area (Å²) in [4.78, 5) is 10.8. The minimum atomic E-state index is -0.989. The molecular formula is C16H15Br2NO4. The number of benzene rings is 2. The summed E-state index contributed by atoms with van der Waals surface area (Å²) in [6.07, 6.45) is -0.950. The summed E-state index contributed by atoms with van der Waals surface area (Å²) >= 11 is 6.84. The topological polar surface area (TPSA) is 78.8 Å². The van der Waals surface area contributed by atoms with Gasteiger partial charge in [0.15, 0.2) is 6.23 Å². The van der Waals surface area contributed by atoms with Crippen molar-refractivity contribution in [1.82, 2.24) is 0 Å². The van der Waals surface area contributed by atoms with E-state index in [0.717, 1.165) is 8.95 Å². The lowest BCUT2D eigenvalue weighted by atomic mass is 10.1. The maximum Gasteiger partial charge on any atom is 0.335 e. The fourth-order valence-electron chi connectivity index (χ4n) is 1.97. The van der Waals surface area contributed by atoms with Crippen LogP contribution in [-0.2, 0) is 0 Å². The molecule has 1 unspecified atom stereocenters. The van der Waals surface area contributed by atoms with Crippen molar-refractivity contribution in [3.8, 4) is 5.75 Å². The van der Waals surface area contributed by atoms with E-state index in [0.29, 0.717) is 23.6 Å². The Kier molecular flexibility index (Phi) is 6.04. The molecule has 0 heterocycles. The highest BCUT2D eigenvalue weighted by molar-refractivity contribution is 9.11. The SMILES string of the molecule is CCOc1c(Br)cc(C(O)Nc2ccc(C(=O)O)cc2)cc1Br. The third-order valence-corrected chi connectivity index (χ3v) is 4.24. The van der Waals surface area contributed by atoms with Gasteiger partial charge in [0.25, 0.3) is 0 Å². The number of carboxylic acid groups (broad SMARTS) is 1. The summed E-state index contributed by atoms with van der Waals surface area (Å²) < 4.78 is 6.96. The number of anilines is 1. The van der Waals surface area contributed by atoms with Gasteiger partial charge >= 0.3 is 5.97 Å². The van der Waals surface area contributed by atoms with Gasteiger partial charge in [-0.05, 0) is 75.2 Å². The number of nitrogens with one attached hydrogen (secondary N) is 1. The molecule has 0 spiro atoms. The molecule has 3 N–H and O–H groups in total. The van der Waals surface area contributed by atoms with Crippen LogP contribution in [0.15, 0.2) is 45.3 Å². The van der Waals surface area contributed by atoms with Gasteiger partial charge in [0.05, 0.1) is 21.1 Å². The summed E-state index contributed by atoms with van der Waals surface area (Å²) in [5, 5.41) is 22.1. The smallest absolute Gasteiger partial charge is 0.335 e. The van der Waals surface area contributed by atoms with E-state index in [9.17, 15) is 9.90 Å². The average molecular weight is 445 g/mol. The monoisotopic (exact) mass is 443 g/mol. The van der Waals surface area contributed by atoms with Gasteiger partial charge < -0.3 is 20.3 Å². The second kappa shape index (κ2) is 7.81. The normalized spacial score (nSPS) is 11.8. The van der Waals surface area contributed by atoms with Crippen LogP contribution in [0.1, 0.15) is 29.1 Å². The fraction of sp³-hybridized carbons (Fsp3) is 0.188. The van der Waals surface area contributed by atoms with Crippen molar-refractivity contribution in [2.45, 2.75) is 13.2 Å². The zero-order valence-corrected chi connectivity index (χ0v) is 15.4. The maximum absolute atomic E-state index is 10.8. The Bertz CT molecular complexity index is 681. The molecule has 23 heavy (non-hydrogen) atoms. The molecule has 122 valence electrons. The molecular weight excluding hydrogens is 430 g/mol. The molecule has 7 heteroatoms. The second-order valence-corrected chi connectivity index (χ2v) is 6.38. The lowest BCUT2D eigenvalue weighted by Gasteiger charge is -2.17. The number of halogens is 2. The third kappa shape index (κ3) is 4.46. The van der Waals surface area contributed by atoms with Crippen LogP contribution in [0.3, 0.4) is 0 Å². The minimum absolute atomic E-state index is 0.191. The van der Waals surface area contributed by atoms with Gasteiger partial charge in [-0.25, -0.2) is 4.79 Å². The van der Waals surface area contributed by atoms with E-state index in [1.807, 2.05) is 6.92 Å². The molecule has 0 radical (unpaired) electrons. The number of carbonyl (C=O) groups is 1. The van der Waals surface area contributed by atoms with Crippen molar-refractivity contribution in [2.24, 2.45) is 0 Å². The average Bonchev–Trinajstić information content (AvgIpc) is 2.51. The molecule has 0 aliphatic heterocycles. The Morgan fingerprint density at radius 2 is 1.78 bits per heavy atom. The number of carboxylic acids is 1. The van der Waals surface area contributed by atoms with Crippen molar-refractivity contribution in [3.05, 3.63) is 56.5 Å². The highest BCUT2D eigenvalue weighted by Gasteiger charge is 2.14. The predicted molar refractivity (Wildman–Crippen MR) is 95.0 cm³/mol. The van der Waals surface area contributed by atoms with Crippen LogP contribution in [0.2, 0.25) is 0 Å². The minimum Gasteiger partial charge on any atom is -0.492 e. The van der Waals surface area contributed by atoms with Crippen LogP contribution in [-0.4, -0.2) is 22.8 Å².